The highest BCUT2D eigenvalue weighted by atomic mass is 19.1. The minimum atomic E-state index is -0.369. The minimum absolute atomic E-state index is 0.0150. The summed E-state index contributed by atoms with van der Waals surface area (Å²) in [6, 6.07) is 19.0. The van der Waals surface area contributed by atoms with Crippen molar-refractivity contribution >= 4 is 16.7 Å². The molecule has 4 rings (SSSR count). The fourth-order valence-corrected chi connectivity index (χ4v) is 2.83. The summed E-state index contributed by atoms with van der Waals surface area (Å²) in [5.74, 6) is 0.657. The molecule has 0 bridgehead atoms. The molecule has 6 nitrogen and oxygen atoms in total. The van der Waals surface area contributed by atoms with Gasteiger partial charge in [-0.25, -0.2) is 9.37 Å². The highest BCUT2D eigenvalue weighted by molar-refractivity contribution is 5.99. The number of nitrogens with two attached hydrogens (primary N) is 1. The van der Waals surface area contributed by atoms with Crippen LogP contribution in [0.4, 0.5) is 4.39 Å². The third-order valence-corrected chi connectivity index (χ3v) is 4.14. The number of fused-ring (bicyclic) bond motifs is 1. The lowest BCUT2D eigenvalue weighted by atomic mass is 10.1. The van der Waals surface area contributed by atoms with Gasteiger partial charge in [0.1, 0.15) is 18.2 Å². The van der Waals surface area contributed by atoms with Gasteiger partial charge in [0.2, 0.25) is 5.88 Å². The summed E-state index contributed by atoms with van der Waals surface area (Å²) < 4.78 is 19.6. The average Bonchev–Trinajstić information content (AvgIpc) is 2.74. The van der Waals surface area contributed by atoms with E-state index < -0.39 is 0 Å². The quantitative estimate of drug-likeness (QED) is 0.301. The number of oxime groups is 1. The first kappa shape index (κ1) is 18.4. The molecule has 0 saturated carbocycles. The zero-order valence-corrected chi connectivity index (χ0v) is 15.3. The van der Waals surface area contributed by atoms with Crippen LogP contribution in [0.1, 0.15) is 11.1 Å². The molecule has 2 aromatic heterocycles. The Morgan fingerprint density at radius 1 is 0.966 bits per heavy atom. The molecular weight excluding hydrogens is 371 g/mol. The maximum Gasteiger partial charge on any atom is 0.230 e. The molecule has 144 valence electrons. The van der Waals surface area contributed by atoms with Crippen molar-refractivity contribution in [3.8, 4) is 11.6 Å². The summed E-state index contributed by atoms with van der Waals surface area (Å²) in [4.78, 5) is 13.9. The number of benzene rings is 2. The number of hydrogen-bond donors (Lipinski definition) is 1. The molecule has 0 amide bonds. The van der Waals surface area contributed by atoms with Gasteiger partial charge in [0.05, 0.1) is 11.1 Å². The summed E-state index contributed by atoms with van der Waals surface area (Å²) in [7, 11) is 0. The van der Waals surface area contributed by atoms with Crippen molar-refractivity contribution < 1.29 is 14.0 Å². The second-order valence-electron chi connectivity index (χ2n) is 6.16. The average molecular weight is 388 g/mol. The van der Waals surface area contributed by atoms with Crippen molar-refractivity contribution in [3.05, 3.63) is 96.1 Å². The van der Waals surface area contributed by atoms with E-state index in [-0.39, 0.29) is 18.3 Å². The minimum Gasteiger partial charge on any atom is -0.438 e. The molecule has 29 heavy (non-hydrogen) atoms. The molecule has 0 radical (unpaired) electrons. The van der Waals surface area contributed by atoms with Crippen LogP contribution in [0.15, 0.2) is 84.3 Å². The number of aromatic nitrogens is 2. The molecule has 0 atom stereocenters. The number of rotatable bonds is 6. The number of para-hydroxylation sites is 1. The van der Waals surface area contributed by atoms with E-state index in [1.807, 2.05) is 30.3 Å². The lowest BCUT2D eigenvalue weighted by Crippen LogP contribution is -2.15. The van der Waals surface area contributed by atoms with Crippen molar-refractivity contribution in [1.82, 2.24) is 9.97 Å². The third kappa shape index (κ3) is 4.30. The van der Waals surface area contributed by atoms with E-state index in [0.29, 0.717) is 33.7 Å². The van der Waals surface area contributed by atoms with Crippen LogP contribution < -0.4 is 10.5 Å². The molecule has 0 fully saturated rings. The predicted molar refractivity (Wildman–Crippen MR) is 108 cm³/mol. The number of nitrogens with zero attached hydrogens (tertiary/aromatic N) is 3. The second-order valence-corrected chi connectivity index (χ2v) is 6.16. The van der Waals surface area contributed by atoms with E-state index in [1.165, 1.54) is 12.1 Å². The monoisotopic (exact) mass is 388 g/mol. The lowest BCUT2D eigenvalue weighted by molar-refractivity contribution is 0.131. The molecule has 0 saturated heterocycles. The van der Waals surface area contributed by atoms with Gasteiger partial charge in [-0.1, -0.05) is 29.4 Å². The normalized spacial score (nSPS) is 11.4. The van der Waals surface area contributed by atoms with Gasteiger partial charge in [-0.15, -0.1) is 0 Å². The summed E-state index contributed by atoms with van der Waals surface area (Å²) >= 11 is 0. The summed E-state index contributed by atoms with van der Waals surface area (Å²) in [6.07, 6.45) is 3.24. The first-order valence-electron chi connectivity index (χ1n) is 8.87. The standard InChI is InChI=1S/C22H17FN4O2/c23-17-12-15-6-4-10-25-20(15)16(13-17)14-28-27-21(24)19-9-5-11-26-22(19)29-18-7-2-1-3-8-18/h1-13H,14H2,(H2,24,27). The number of pyridine rings is 2. The zero-order chi connectivity index (χ0) is 20.1. The van der Waals surface area contributed by atoms with E-state index in [0.717, 1.165) is 0 Å². The van der Waals surface area contributed by atoms with E-state index in [9.17, 15) is 4.39 Å². The summed E-state index contributed by atoms with van der Waals surface area (Å²) in [5, 5.41) is 4.64. The van der Waals surface area contributed by atoms with Crippen LogP contribution in [0.5, 0.6) is 11.6 Å². The Bertz CT molecular complexity index is 1170. The number of hydrogen-bond acceptors (Lipinski definition) is 5. The Labute approximate surface area is 166 Å². The Morgan fingerprint density at radius 2 is 1.76 bits per heavy atom. The largest absolute Gasteiger partial charge is 0.438 e. The molecular formula is C22H17FN4O2. The Hall–Kier alpha value is -4.00. The van der Waals surface area contributed by atoms with E-state index in [4.69, 9.17) is 15.3 Å². The molecule has 0 aliphatic heterocycles. The molecule has 0 aliphatic rings. The topological polar surface area (TPSA) is 82.6 Å². The van der Waals surface area contributed by atoms with Crippen LogP contribution in [0.25, 0.3) is 10.9 Å². The molecule has 0 spiro atoms. The van der Waals surface area contributed by atoms with Crippen molar-refractivity contribution in [3.63, 3.8) is 0 Å². The second kappa shape index (κ2) is 8.35. The zero-order valence-electron chi connectivity index (χ0n) is 15.3. The van der Waals surface area contributed by atoms with Crippen molar-refractivity contribution in [2.24, 2.45) is 10.9 Å². The van der Waals surface area contributed by atoms with Gasteiger partial charge in [-0.05, 0) is 42.5 Å². The predicted octanol–water partition coefficient (Wildman–Crippen LogP) is 4.40. The van der Waals surface area contributed by atoms with Crippen LogP contribution in [-0.2, 0) is 11.4 Å². The summed E-state index contributed by atoms with van der Waals surface area (Å²) in [6.45, 7) is 0.0150. The van der Waals surface area contributed by atoms with E-state index >= 15 is 0 Å². The van der Waals surface area contributed by atoms with Gasteiger partial charge in [0, 0.05) is 23.3 Å². The first-order chi connectivity index (χ1) is 14.2. The highest BCUT2D eigenvalue weighted by Crippen LogP contribution is 2.23. The maximum absolute atomic E-state index is 13.8. The molecule has 4 aromatic rings. The first-order valence-corrected chi connectivity index (χ1v) is 8.87. The van der Waals surface area contributed by atoms with E-state index in [2.05, 4.69) is 15.1 Å². The smallest absolute Gasteiger partial charge is 0.230 e. The van der Waals surface area contributed by atoms with Gasteiger partial charge in [0.15, 0.2) is 5.84 Å². The van der Waals surface area contributed by atoms with E-state index in [1.54, 1.807) is 36.7 Å². The Morgan fingerprint density at radius 3 is 2.62 bits per heavy atom. The summed E-state index contributed by atoms with van der Waals surface area (Å²) in [5.41, 5.74) is 7.78. The number of ether oxygens (including phenoxy) is 1. The molecule has 2 N–H and O–H groups in total. The molecule has 2 aromatic carbocycles. The Balaban J connectivity index is 1.53. The SMILES string of the molecule is N/C(=N\OCc1cc(F)cc2cccnc12)c1cccnc1Oc1ccccc1. The number of amidine groups is 1. The van der Waals surface area contributed by atoms with Crippen LogP contribution in [0, 0.1) is 5.82 Å². The van der Waals surface area contributed by atoms with Gasteiger partial charge < -0.3 is 15.3 Å². The Kier molecular flexibility index (Phi) is 5.29. The van der Waals surface area contributed by atoms with Gasteiger partial charge in [0.25, 0.3) is 0 Å². The molecule has 7 heteroatoms. The molecule has 0 aliphatic carbocycles. The van der Waals surface area contributed by atoms with Gasteiger partial charge >= 0.3 is 0 Å². The highest BCUT2D eigenvalue weighted by Gasteiger charge is 2.11. The van der Waals surface area contributed by atoms with Gasteiger partial charge in [-0.2, -0.15) is 0 Å². The third-order valence-electron chi connectivity index (χ3n) is 4.14. The van der Waals surface area contributed by atoms with Crippen LogP contribution >= 0.6 is 0 Å². The van der Waals surface area contributed by atoms with Crippen LogP contribution in [0.3, 0.4) is 0 Å². The lowest BCUT2D eigenvalue weighted by Gasteiger charge is -2.09. The number of halogens is 1. The van der Waals surface area contributed by atoms with Crippen LogP contribution in [-0.4, -0.2) is 15.8 Å². The maximum atomic E-state index is 13.8. The van der Waals surface area contributed by atoms with Gasteiger partial charge in [-0.3, -0.25) is 4.98 Å². The van der Waals surface area contributed by atoms with Crippen LogP contribution in [0.2, 0.25) is 0 Å². The molecule has 2 heterocycles. The fraction of sp³-hybridized carbons (Fsp3) is 0.0455. The van der Waals surface area contributed by atoms with Crippen molar-refractivity contribution in [1.29, 1.82) is 0 Å². The van der Waals surface area contributed by atoms with Crippen molar-refractivity contribution in [2.45, 2.75) is 6.61 Å². The fourth-order valence-electron chi connectivity index (χ4n) is 2.83. The van der Waals surface area contributed by atoms with Crippen molar-refractivity contribution in [2.75, 3.05) is 0 Å². The molecule has 0 unspecified atom stereocenters.